The van der Waals surface area contributed by atoms with Gasteiger partial charge in [0.25, 0.3) is 5.69 Å². The van der Waals surface area contributed by atoms with E-state index >= 15 is 0 Å². The molecule has 0 unspecified atom stereocenters. The summed E-state index contributed by atoms with van der Waals surface area (Å²) in [5, 5.41) is 22.2. The SMILES string of the molecule is CC(C)CN(C[C@@H](O)[C@@H](CC(=O)O[C@H]1CCOC1)Cc1ccccc1)S(=O)(=O)c1ccc([N+](=O)[O-])cc1. The first-order valence-corrected chi connectivity index (χ1v) is 13.7. The quantitative estimate of drug-likeness (QED) is 0.235. The van der Waals surface area contributed by atoms with Crippen LogP contribution in [0, 0.1) is 22.0 Å². The summed E-state index contributed by atoms with van der Waals surface area (Å²) in [6.07, 6.45) is -0.598. The van der Waals surface area contributed by atoms with Crippen molar-refractivity contribution in [1.82, 2.24) is 4.31 Å². The van der Waals surface area contributed by atoms with Gasteiger partial charge in [0.15, 0.2) is 0 Å². The monoisotopic (exact) mass is 534 g/mol. The number of aliphatic hydroxyl groups excluding tert-OH is 1. The molecule has 2 aromatic rings. The van der Waals surface area contributed by atoms with Gasteiger partial charge in [-0.05, 0) is 30.0 Å². The first kappa shape index (κ1) is 28.7. The Morgan fingerprint density at radius 2 is 1.84 bits per heavy atom. The predicted molar refractivity (Wildman–Crippen MR) is 136 cm³/mol. The van der Waals surface area contributed by atoms with Crippen LogP contribution in [0.2, 0.25) is 0 Å². The van der Waals surface area contributed by atoms with E-state index in [1.807, 2.05) is 44.2 Å². The third-order valence-corrected chi connectivity index (χ3v) is 7.99. The van der Waals surface area contributed by atoms with Crippen molar-refractivity contribution in [3.8, 4) is 0 Å². The van der Waals surface area contributed by atoms with E-state index in [1.165, 1.54) is 16.4 Å². The van der Waals surface area contributed by atoms with E-state index in [1.54, 1.807) is 0 Å². The number of ether oxygens (including phenoxy) is 2. The molecule has 3 atom stereocenters. The normalized spacial score (nSPS) is 17.6. The smallest absolute Gasteiger partial charge is 0.306 e. The zero-order valence-electron chi connectivity index (χ0n) is 21.1. The lowest BCUT2D eigenvalue weighted by Gasteiger charge is -2.30. The van der Waals surface area contributed by atoms with E-state index in [2.05, 4.69) is 0 Å². The summed E-state index contributed by atoms with van der Waals surface area (Å²) in [6.45, 7) is 4.46. The minimum atomic E-state index is -4.07. The Morgan fingerprint density at radius 1 is 1.16 bits per heavy atom. The summed E-state index contributed by atoms with van der Waals surface area (Å²) in [7, 11) is -4.07. The van der Waals surface area contributed by atoms with Gasteiger partial charge in [-0.2, -0.15) is 4.31 Å². The van der Waals surface area contributed by atoms with E-state index in [0.717, 1.165) is 17.7 Å². The number of carbonyl (C=O) groups excluding carboxylic acids is 1. The highest BCUT2D eigenvalue weighted by Gasteiger charge is 2.32. The van der Waals surface area contributed by atoms with Crippen molar-refractivity contribution >= 4 is 21.7 Å². The summed E-state index contributed by atoms with van der Waals surface area (Å²) in [4.78, 5) is 23.0. The lowest BCUT2D eigenvalue weighted by molar-refractivity contribution is -0.384. The number of aliphatic hydroxyl groups is 1. The molecule has 10 nitrogen and oxygen atoms in total. The molecule has 202 valence electrons. The Balaban J connectivity index is 1.81. The van der Waals surface area contributed by atoms with Gasteiger partial charge in [-0.25, -0.2) is 8.42 Å². The highest BCUT2D eigenvalue weighted by atomic mass is 32.2. The molecule has 2 aromatic carbocycles. The molecule has 1 aliphatic rings. The van der Waals surface area contributed by atoms with Gasteiger partial charge < -0.3 is 14.6 Å². The molecule has 0 spiro atoms. The second-order valence-corrected chi connectivity index (χ2v) is 11.6. The van der Waals surface area contributed by atoms with Gasteiger partial charge in [0, 0.05) is 37.6 Å². The molecule has 0 bridgehead atoms. The van der Waals surface area contributed by atoms with Crippen LogP contribution >= 0.6 is 0 Å². The number of benzene rings is 2. The van der Waals surface area contributed by atoms with Crippen LogP contribution in [0.15, 0.2) is 59.5 Å². The molecule has 0 aliphatic carbocycles. The Hall–Kier alpha value is -2.86. The number of nitrogens with zero attached hydrogens (tertiary/aromatic N) is 2. The lowest BCUT2D eigenvalue weighted by atomic mass is 9.90. The number of non-ortho nitro benzene ring substituents is 1. The fourth-order valence-corrected chi connectivity index (χ4v) is 5.86. The topological polar surface area (TPSA) is 136 Å². The molecule has 1 N–H and O–H groups in total. The summed E-state index contributed by atoms with van der Waals surface area (Å²) < 4.78 is 38.9. The number of hydrogen-bond acceptors (Lipinski definition) is 8. The van der Waals surface area contributed by atoms with Gasteiger partial charge in [-0.3, -0.25) is 14.9 Å². The van der Waals surface area contributed by atoms with Gasteiger partial charge in [0.2, 0.25) is 10.0 Å². The molecule has 0 radical (unpaired) electrons. The number of sulfonamides is 1. The molecular formula is C26H34N2O8S. The van der Waals surface area contributed by atoms with E-state index in [4.69, 9.17) is 9.47 Å². The standard InChI is InChI=1S/C26H34N2O8S/c1-19(2)16-27(37(33,34)24-10-8-22(9-11-24)28(31)32)17-25(29)21(14-20-6-4-3-5-7-20)15-26(30)36-23-12-13-35-18-23/h3-11,19,21,23,25,29H,12-18H2,1-2H3/t21-,23+,25-/m1/s1. The van der Waals surface area contributed by atoms with Crippen molar-refractivity contribution in [3.63, 3.8) is 0 Å². The number of hydrogen-bond donors (Lipinski definition) is 1. The van der Waals surface area contributed by atoms with Gasteiger partial charge in [0.1, 0.15) is 6.10 Å². The van der Waals surface area contributed by atoms with E-state index < -0.39 is 32.9 Å². The molecule has 11 heteroatoms. The van der Waals surface area contributed by atoms with Gasteiger partial charge in [-0.1, -0.05) is 44.2 Å². The zero-order valence-corrected chi connectivity index (χ0v) is 21.9. The lowest BCUT2D eigenvalue weighted by Crippen LogP contribution is -2.43. The largest absolute Gasteiger partial charge is 0.460 e. The minimum Gasteiger partial charge on any atom is -0.460 e. The van der Waals surface area contributed by atoms with Crippen molar-refractivity contribution in [3.05, 3.63) is 70.3 Å². The number of nitro benzene ring substituents is 1. The van der Waals surface area contributed by atoms with Crippen LogP contribution < -0.4 is 0 Å². The van der Waals surface area contributed by atoms with Crippen LogP contribution in [0.1, 0.15) is 32.3 Å². The molecule has 0 amide bonds. The number of rotatable bonds is 13. The van der Waals surface area contributed by atoms with Crippen molar-refractivity contribution in [1.29, 1.82) is 0 Å². The molecule has 1 aliphatic heterocycles. The molecule has 0 saturated carbocycles. The van der Waals surface area contributed by atoms with Crippen LogP contribution in [-0.4, -0.2) is 67.2 Å². The van der Waals surface area contributed by atoms with Crippen LogP contribution in [0.3, 0.4) is 0 Å². The Bertz CT molecular complexity index is 1130. The summed E-state index contributed by atoms with van der Waals surface area (Å²) in [5.41, 5.74) is 0.681. The Morgan fingerprint density at radius 3 is 2.41 bits per heavy atom. The zero-order chi connectivity index (χ0) is 27.0. The second kappa shape index (κ2) is 13.1. The predicted octanol–water partition coefficient (Wildman–Crippen LogP) is 3.18. The summed E-state index contributed by atoms with van der Waals surface area (Å²) in [6, 6.07) is 14.0. The average Bonchev–Trinajstić information content (AvgIpc) is 3.36. The van der Waals surface area contributed by atoms with Crippen LogP contribution in [0.4, 0.5) is 5.69 Å². The first-order chi connectivity index (χ1) is 17.6. The third-order valence-electron chi connectivity index (χ3n) is 6.14. The van der Waals surface area contributed by atoms with Crippen molar-refractivity contribution in [2.75, 3.05) is 26.3 Å². The Labute approximate surface area is 217 Å². The molecular weight excluding hydrogens is 500 g/mol. The van der Waals surface area contributed by atoms with Crippen molar-refractivity contribution in [2.24, 2.45) is 11.8 Å². The Kier molecular flexibility index (Phi) is 10.2. The molecule has 3 rings (SSSR count). The van der Waals surface area contributed by atoms with Crippen molar-refractivity contribution < 1.29 is 32.7 Å². The highest BCUT2D eigenvalue weighted by molar-refractivity contribution is 7.89. The molecule has 1 fully saturated rings. The molecule has 1 heterocycles. The summed E-state index contributed by atoms with van der Waals surface area (Å²) >= 11 is 0. The third kappa shape index (κ3) is 8.32. The molecule has 1 saturated heterocycles. The summed E-state index contributed by atoms with van der Waals surface area (Å²) in [5.74, 6) is -1.12. The van der Waals surface area contributed by atoms with Gasteiger partial charge in [-0.15, -0.1) is 0 Å². The second-order valence-electron chi connectivity index (χ2n) is 9.66. The molecule has 37 heavy (non-hydrogen) atoms. The fraction of sp³-hybridized carbons (Fsp3) is 0.500. The fourth-order valence-electron chi connectivity index (χ4n) is 4.24. The maximum absolute atomic E-state index is 13.5. The maximum Gasteiger partial charge on any atom is 0.306 e. The average molecular weight is 535 g/mol. The van der Waals surface area contributed by atoms with Crippen molar-refractivity contribution in [2.45, 2.75) is 50.2 Å². The van der Waals surface area contributed by atoms with Crippen LogP contribution in [0.25, 0.3) is 0 Å². The van der Waals surface area contributed by atoms with Crippen LogP contribution in [0.5, 0.6) is 0 Å². The van der Waals surface area contributed by atoms with Gasteiger partial charge >= 0.3 is 5.97 Å². The van der Waals surface area contributed by atoms with E-state index in [9.17, 15) is 28.4 Å². The highest BCUT2D eigenvalue weighted by Crippen LogP contribution is 2.24. The first-order valence-electron chi connectivity index (χ1n) is 12.3. The van der Waals surface area contributed by atoms with E-state index in [-0.39, 0.29) is 42.1 Å². The minimum absolute atomic E-state index is 0.0556. The maximum atomic E-state index is 13.5. The van der Waals surface area contributed by atoms with Gasteiger partial charge in [0.05, 0.1) is 35.6 Å². The number of esters is 1. The number of carbonyl (C=O) groups is 1. The number of nitro groups is 1. The molecule has 0 aromatic heterocycles. The van der Waals surface area contributed by atoms with Crippen LogP contribution in [-0.2, 0) is 30.7 Å². The van der Waals surface area contributed by atoms with E-state index in [0.29, 0.717) is 26.1 Å².